The van der Waals surface area contributed by atoms with Crippen LogP contribution in [0.1, 0.15) is 5.56 Å². The van der Waals surface area contributed by atoms with E-state index in [4.69, 9.17) is 11.6 Å². The van der Waals surface area contributed by atoms with Crippen LogP contribution < -0.4 is 5.32 Å². The van der Waals surface area contributed by atoms with Crippen LogP contribution in [0, 0.1) is 0 Å². The van der Waals surface area contributed by atoms with Crippen LogP contribution in [0.25, 0.3) is 0 Å². The van der Waals surface area contributed by atoms with Crippen LogP contribution in [0.4, 0.5) is 13.2 Å². The Balaban J connectivity index is 0.00000220. The minimum atomic E-state index is -4.55. The molecule has 0 bridgehead atoms. The first-order valence-electron chi connectivity index (χ1n) is 5.80. The molecular formula is C11H13Cl2F3N2O2S. The molecule has 0 radical (unpaired) electrons. The minimum absolute atomic E-state index is 0. The second-order valence-electron chi connectivity index (χ2n) is 4.30. The summed E-state index contributed by atoms with van der Waals surface area (Å²) < 4.78 is 63.4. The number of benzene rings is 1. The number of halogens is 5. The van der Waals surface area contributed by atoms with Gasteiger partial charge in [-0.1, -0.05) is 11.6 Å². The van der Waals surface area contributed by atoms with Crippen molar-refractivity contribution in [2.45, 2.75) is 11.1 Å². The molecule has 1 aromatic rings. The van der Waals surface area contributed by atoms with E-state index >= 15 is 0 Å². The first-order chi connectivity index (χ1) is 9.23. The fraction of sp³-hybridized carbons (Fsp3) is 0.455. The summed E-state index contributed by atoms with van der Waals surface area (Å²) in [6, 6.07) is 2.26. The SMILES string of the molecule is Cl.O=S(=O)(c1ccc(C(F)(F)F)cc1Cl)N1CCNCC1. The molecule has 0 saturated carbocycles. The molecule has 0 aliphatic carbocycles. The van der Waals surface area contributed by atoms with Crippen molar-refractivity contribution in [2.75, 3.05) is 26.2 Å². The summed E-state index contributed by atoms with van der Waals surface area (Å²) in [6.45, 7) is 1.52. The maximum absolute atomic E-state index is 12.5. The fourth-order valence-corrected chi connectivity index (χ4v) is 3.87. The number of nitrogens with zero attached hydrogens (tertiary/aromatic N) is 1. The third-order valence-electron chi connectivity index (χ3n) is 2.95. The molecule has 1 saturated heterocycles. The van der Waals surface area contributed by atoms with E-state index in [1.165, 1.54) is 4.31 Å². The van der Waals surface area contributed by atoms with Gasteiger partial charge in [0.05, 0.1) is 10.6 Å². The van der Waals surface area contributed by atoms with E-state index in [-0.39, 0.29) is 30.4 Å². The molecule has 0 atom stereocenters. The molecule has 4 nitrogen and oxygen atoms in total. The van der Waals surface area contributed by atoms with Gasteiger partial charge < -0.3 is 5.32 Å². The molecule has 21 heavy (non-hydrogen) atoms. The van der Waals surface area contributed by atoms with Gasteiger partial charge in [0.2, 0.25) is 10.0 Å². The van der Waals surface area contributed by atoms with Crippen molar-refractivity contribution in [1.82, 2.24) is 9.62 Å². The lowest BCUT2D eigenvalue weighted by Crippen LogP contribution is -2.46. The van der Waals surface area contributed by atoms with E-state index in [2.05, 4.69) is 5.32 Å². The average Bonchev–Trinajstić information content (AvgIpc) is 2.38. The Morgan fingerprint density at radius 1 is 1.19 bits per heavy atom. The summed E-state index contributed by atoms with van der Waals surface area (Å²) in [5.74, 6) is 0. The van der Waals surface area contributed by atoms with Crippen LogP contribution in [0.5, 0.6) is 0 Å². The zero-order valence-corrected chi connectivity index (χ0v) is 13.0. The Hall–Kier alpha value is -0.540. The van der Waals surface area contributed by atoms with Gasteiger partial charge >= 0.3 is 6.18 Å². The number of alkyl halides is 3. The molecule has 0 amide bonds. The highest BCUT2D eigenvalue weighted by atomic mass is 35.5. The predicted molar refractivity (Wildman–Crippen MR) is 75.3 cm³/mol. The Kier molecular flexibility index (Phi) is 5.91. The molecule has 1 heterocycles. The summed E-state index contributed by atoms with van der Waals surface area (Å²) >= 11 is 5.72. The summed E-state index contributed by atoms with van der Waals surface area (Å²) in [7, 11) is -3.86. The molecule has 1 fully saturated rings. The minimum Gasteiger partial charge on any atom is -0.314 e. The molecule has 0 unspecified atom stereocenters. The van der Waals surface area contributed by atoms with Gasteiger partial charge in [0.15, 0.2) is 0 Å². The van der Waals surface area contributed by atoms with Crippen molar-refractivity contribution in [3.8, 4) is 0 Å². The van der Waals surface area contributed by atoms with Gasteiger partial charge in [0, 0.05) is 26.2 Å². The third kappa shape index (κ3) is 4.01. The van der Waals surface area contributed by atoms with Crippen molar-refractivity contribution in [2.24, 2.45) is 0 Å². The number of nitrogens with one attached hydrogen (secondary N) is 1. The van der Waals surface area contributed by atoms with Gasteiger partial charge in [-0.05, 0) is 18.2 Å². The van der Waals surface area contributed by atoms with E-state index in [1.54, 1.807) is 0 Å². The standard InChI is InChI=1S/C11H12ClF3N2O2S.ClH/c12-9-7-8(11(13,14)15)1-2-10(9)20(18,19)17-5-3-16-4-6-17;/h1-2,7,16H,3-6H2;1H. The van der Waals surface area contributed by atoms with E-state index < -0.39 is 26.8 Å². The lowest BCUT2D eigenvalue weighted by atomic mass is 10.2. The molecule has 1 N–H and O–H groups in total. The van der Waals surface area contributed by atoms with Gasteiger partial charge in [-0.2, -0.15) is 17.5 Å². The Morgan fingerprint density at radius 2 is 1.76 bits per heavy atom. The highest BCUT2D eigenvalue weighted by Crippen LogP contribution is 2.34. The molecule has 0 aromatic heterocycles. The van der Waals surface area contributed by atoms with Crippen LogP contribution in [0.3, 0.4) is 0 Å². The van der Waals surface area contributed by atoms with Gasteiger partial charge in [-0.3, -0.25) is 0 Å². The average molecular weight is 365 g/mol. The third-order valence-corrected chi connectivity index (χ3v) is 5.33. The molecule has 120 valence electrons. The first-order valence-corrected chi connectivity index (χ1v) is 7.62. The van der Waals surface area contributed by atoms with E-state index in [0.29, 0.717) is 19.2 Å². The normalized spacial score (nSPS) is 17.3. The summed E-state index contributed by atoms with van der Waals surface area (Å²) in [4.78, 5) is -0.297. The summed E-state index contributed by atoms with van der Waals surface area (Å²) in [5.41, 5.74) is -0.971. The van der Waals surface area contributed by atoms with Gasteiger partial charge in [-0.15, -0.1) is 12.4 Å². The smallest absolute Gasteiger partial charge is 0.314 e. The largest absolute Gasteiger partial charge is 0.416 e. The molecule has 10 heteroatoms. The van der Waals surface area contributed by atoms with Gasteiger partial charge in [-0.25, -0.2) is 8.42 Å². The topological polar surface area (TPSA) is 49.4 Å². The van der Waals surface area contributed by atoms with Crippen LogP contribution >= 0.6 is 24.0 Å². The highest BCUT2D eigenvalue weighted by molar-refractivity contribution is 7.89. The van der Waals surface area contributed by atoms with E-state index in [0.717, 1.165) is 12.1 Å². The molecule has 0 spiro atoms. The number of sulfonamides is 1. The number of piperazine rings is 1. The Bertz CT molecular complexity index is 602. The fourth-order valence-electron chi connectivity index (χ4n) is 1.91. The van der Waals surface area contributed by atoms with Crippen molar-refractivity contribution in [3.63, 3.8) is 0 Å². The zero-order valence-electron chi connectivity index (χ0n) is 10.7. The summed E-state index contributed by atoms with van der Waals surface area (Å²) in [5, 5.41) is 2.58. The van der Waals surface area contributed by atoms with Crippen molar-refractivity contribution >= 4 is 34.0 Å². The number of hydrogen-bond acceptors (Lipinski definition) is 3. The molecule has 2 rings (SSSR count). The van der Waals surface area contributed by atoms with Crippen LogP contribution in [0.2, 0.25) is 5.02 Å². The second kappa shape index (κ2) is 6.70. The first kappa shape index (κ1) is 18.5. The van der Waals surface area contributed by atoms with Crippen LogP contribution in [0.15, 0.2) is 23.1 Å². The van der Waals surface area contributed by atoms with E-state index in [9.17, 15) is 21.6 Å². The van der Waals surface area contributed by atoms with Crippen LogP contribution in [-0.2, 0) is 16.2 Å². The van der Waals surface area contributed by atoms with Crippen molar-refractivity contribution in [1.29, 1.82) is 0 Å². The van der Waals surface area contributed by atoms with Crippen LogP contribution in [-0.4, -0.2) is 38.9 Å². The Morgan fingerprint density at radius 3 is 2.24 bits per heavy atom. The lowest BCUT2D eigenvalue weighted by molar-refractivity contribution is -0.137. The van der Waals surface area contributed by atoms with Gasteiger partial charge in [0.1, 0.15) is 4.90 Å². The molecule has 1 aromatic carbocycles. The maximum atomic E-state index is 12.5. The molecule has 1 aliphatic rings. The van der Waals surface area contributed by atoms with Crippen molar-refractivity contribution < 1.29 is 21.6 Å². The second-order valence-corrected chi connectivity index (χ2v) is 6.61. The maximum Gasteiger partial charge on any atom is 0.416 e. The van der Waals surface area contributed by atoms with E-state index in [1.807, 2.05) is 0 Å². The molecule has 1 aliphatic heterocycles. The van der Waals surface area contributed by atoms with Gasteiger partial charge in [0.25, 0.3) is 0 Å². The number of rotatable bonds is 2. The summed E-state index contributed by atoms with van der Waals surface area (Å²) in [6.07, 6.45) is -4.55. The van der Waals surface area contributed by atoms with Crippen molar-refractivity contribution in [3.05, 3.63) is 28.8 Å². The highest BCUT2D eigenvalue weighted by Gasteiger charge is 2.33. The predicted octanol–water partition coefficient (Wildman–Crippen LogP) is 2.37. The quantitative estimate of drug-likeness (QED) is 0.876. The zero-order chi connectivity index (χ0) is 15.0. The monoisotopic (exact) mass is 364 g/mol. The molecular weight excluding hydrogens is 352 g/mol. The number of hydrogen-bond donors (Lipinski definition) is 1. The lowest BCUT2D eigenvalue weighted by Gasteiger charge is -2.27. The Labute approximate surface area is 131 Å².